The maximum atomic E-state index is 13.6. The van der Waals surface area contributed by atoms with E-state index in [0.717, 1.165) is 11.5 Å². The average Bonchev–Trinajstić information content (AvgIpc) is 3.31. The second kappa shape index (κ2) is 8.48. The van der Waals surface area contributed by atoms with E-state index in [1.165, 1.54) is 11.0 Å². The van der Waals surface area contributed by atoms with Gasteiger partial charge in [-0.05, 0) is 67.1 Å². The molecule has 4 aromatic rings. The van der Waals surface area contributed by atoms with Crippen molar-refractivity contribution in [3.05, 3.63) is 83.0 Å². The lowest BCUT2D eigenvalue weighted by molar-refractivity contribution is -0.136. The number of carbonyl (C=O) groups is 2. The fourth-order valence-electron chi connectivity index (χ4n) is 5.76. The molecule has 2 amide bonds. The minimum atomic E-state index is -4.41. The zero-order chi connectivity index (χ0) is 25.0. The molecule has 1 N–H and O–H groups in total. The summed E-state index contributed by atoms with van der Waals surface area (Å²) in [6.45, 7) is 2.18. The molecule has 36 heavy (non-hydrogen) atoms. The maximum absolute atomic E-state index is 13.6. The Bertz CT molecular complexity index is 1450. The number of nitrogens with one attached hydrogen (secondary N) is 1. The van der Waals surface area contributed by atoms with E-state index in [4.69, 9.17) is 0 Å². The number of benzene rings is 3. The Kier molecular flexibility index (Phi) is 5.37. The smallest absolute Gasteiger partial charge is 0.361 e. The number of aromatic nitrogens is 1. The van der Waals surface area contributed by atoms with Crippen LogP contribution in [-0.4, -0.2) is 52.8 Å². The zero-order valence-corrected chi connectivity index (χ0v) is 19.4. The molecule has 184 valence electrons. The van der Waals surface area contributed by atoms with E-state index >= 15 is 0 Å². The first-order valence-electron chi connectivity index (χ1n) is 12.1. The Morgan fingerprint density at radius 3 is 2.11 bits per heavy atom. The zero-order valence-electron chi connectivity index (χ0n) is 19.4. The van der Waals surface area contributed by atoms with E-state index in [1.807, 2.05) is 24.3 Å². The first kappa shape index (κ1) is 22.8. The molecule has 0 aliphatic carbocycles. The van der Waals surface area contributed by atoms with Gasteiger partial charge < -0.3 is 9.88 Å². The van der Waals surface area contributed by atoms with Crippen LogP contribution in [0.4, 0.5) is 13.2 Å². The summed E-state index contributed by atoms with van der Waals surface area (Å²) in [5.41, 5.74) is 1.70. The van der Waals surface area contributed by atoms with Gasteiger partial charge in [-0.15, -0.1) is 0 Å². The van der Waals surface area contributed by atoms with E-state index in [9.17, 15) is 22.8 Å². The predicted octanol–water partition coefficient (Wildman–Crippen LogP) is 5.82. The van der Waals surface area contributed by atoms with E-state index in [-0.39, 0.29) is 29.7 Å². The highest BCUT2D eigenvalue weighted by Gasteiger charge is 2.36. The van der Waals surface area contributed by atoms with Crippen molar-refractivity contribution in [1.82, 2.24) is 14.8 Å². The van der Waals surface area contributed by atoms with Gasteiger partial charge in [-0.1, -0.05) is 30.3 Å². The van der Waals surface area contributed by atoms with Crippen molar-refractivity contribution < 1.29 is 22.8 Å². The highest BCUT2D eigenvalue weighted by molar-refractivity contribution is 6.25. The van der Waals surface area contributed by atoms with Crippen LogP contribution in [0, 0.1) is 0 Å². The van der Waals surface area contributed by atoms with Crippen molar-refractivity contribution in [2.45, 2.75) is 24.9 Å². The Hall–Kier alpha value is -3.65. The Balaban J connectivity index is 1.15. The monoisotopic (exact) mass is 491 g/mol. The summed E-state index contributed by atoms with van der Waals surface area (Å²) >= 11 is 0. The third-order valence-corrected chi connectivity index (χ3v) is 7.56. The lowest BCUT2D eigenvalue weighted by Gasteiger charge is -2.34. The van der Waals surface area contributed by atoms with E-state index in [2.05, 4.69) is 9.88 Å². The number of carbonyl (C=O) groups excluding carboxylic acids is 2. The molecule has 0 radical (unpaired) electrons. The molecule has 5 nitrogen and oxygen atoms in total. The van der Waals surface area contributed by atoms with Gasteiger partial charge in [0.15, 0.2) is 0 Å². The van der Waals surface area contributed by atoms with Gasteiger partial charge >= 0.3 is 6.18 Å². The predicted molar refractivity (Wildman–Crippen MR) is 131 cm³/mol. The molecule has 3 aromatic carbocycles. The van der Waals surface area contributed by atoms with Crippen LogP contribution in [-0.2, 0) is 6.18 Å². The van der Waals surface area contributed by atoms with Crippen LogP contribution in [0.1, 0.15) is 50.6 Å². The molecular formula is C28H24F3N3O2. The van der Waals surface area contributed by atoms with Crippen molar-refractivity contribution in [1.29, 1.82) is 0 Å². The lowest BCUT2D eigenvalue weighted by Crippen LogP contribution is -2.45. The van der Waals surface area contributed by atoms with Crippen LogP contribution in [0.3, 0.4) is 0 Å². The Morgan fingerprint density at radius 1 is 0.833 bits per heavy atom. The number of nitrogens with zero attached hydrogens (tertiary/aromatic N) is 2. The summed E-state index contributed by atoms with van der Waals surface area (Å²) in [6.07, 6.45) is -1.27. The second-order valence-corrected chi connectivity index (χ2v) is 9.56. The number of aromatic amines is 1. The number of rotatable bonds is 4. The van der Waals surface area contributed by atoms with Gasteiger partial charge in [-0.2, -0.15) is 13.2 Å². The van der Waals surface area contributed by atoms with Crippen molar-refractivity contribution in [3.8, 4) is 0 Å². The summed E-state index contributed by atoms with van der Waals surface area (Å²) in [4.78, 5) is 32.7. The number of halogens is 3. The summed E-state index contributed by atoms with van der Waals surface area (Å²) in [5.74, 6) is -0.545. The topological polar surface area (TPSA) is 56.4 Å². The molecule has 2 aliphatic rings. The number of hydrogen-bond acceptors (Lipinski definition) is 3. The minimum absolute atomic E-state index is 0.0150. The van der Waals surface area contributed by atoms with Gasteiger partial charge in [0, 0.05) is 46.7 Å². The molecule has 8 heteroatoms. The molecule has 1 saturated heterocycles. The van der Waals surface area contributed by atoms with Crippen LogP contribution in [0.25, 0.3) is 21.7 Å². The van der Waals surface area contributed by atoms with Gasteiger partial charge in [0.05, 0.1) is 5.56 Å². The first-order valence-corrected chi connectivity index (χ1v) is 12.1. The van der Waals surface area contributed by atoms with Gasteiger partial charge in [0.1, 0.15) is 0 Å². The van der Waals surface area contributed by atoms with Gasteiger partial charge in [0.25, 0.3) is 11.8 Å². The Morgan fingerprint density at radius 2 is 1.47 bits per heavy atom. The molecule has 2 aliphatic heterocycles. The van der Waals surface area contributed by atoms with Crippen molar-refractivity contribution >= 4 is 33.5 Å². The van der Waals surface area contributed by atoms with Crippen molar-refractivity contribution in [3.63, 3.8) is 0 Å². The average molecular weight is 492 g/mol. The second-order valence-electron chi connectivity index (χ2n) is 9.56. The molecule has 0 atom stereocenters. The molecular weight excluding hydrogens is 467 g/mol. The number of H-pyrrole nitrogens is 1. The normalized spacial score (nSPS) is 17.5. The molecule has 3 heterocycles. The summed E-state index contributed by atoms with van der Waals surface area (Å²) in [6, 6.07) is 15.2. The molecule has 0 saturated carbocycles. The third-order valence-electron chi connectivity index (χ3n) is 7.56. The SMILES string of the molecule is O=C1c2cccc3cccc(c23)C(=O)N1CCN1CCC(c2c[nH]c3cccc(C(F)(F)F)c23)CC1. The number of imide groups is 1. The fraction of sp³-hybridized carbons (Fsp3) is 0.286. The molecule has 0 bridgehead atoms. The maximum Gasteiger partial charge on any atom is 0.417 e. The summed E-state index contributed by atoms with van der Waals surface area (Å²) in [7, 11) is 0. The number of amides is 2. The molecule has 1 aromatic heterocycles. The number of likely N-dealkylation sites (tertiary alicyclic amines) is 1. The lowest BCUT2D eigenvalue weighted by atomic mass is 9.88. The van der Waals surface area contributed by atoms with E-state index < -0.39 is 11.7 Å². The van der Waals surface area contributed by atoms with Gasteiger partial charge in [-0.3, -0.25) is 14.5 Å². The molecule has 0 unspecified atom stereocenters. The summed E-state index contributed by atoms with van der Waals surface area (Å²) in [5, 5.41) is 1.85. The summed E-state index contributed by atoms with van der Waals surface area (Å²) < 4.78 is 40.9. The minimum Gasteiger partial charge on any atom is -0.361 e. The number of alkyl halides is 3. The van der Waals surface area contributed by atoms with Crippen molar-refractivity contribution in [2.75, 3.05) is 26.2 Å². The molecule has 0 spiro atoms. The fourth-order valence-corrected chi connectivity index (χ4v) is 5.76. The first-order chi connectivity index (χ1) is 17.3. The van der Waals surface area contributed by atoms with Crippen molar-refractivity contribution in [2.24, 2.45) is 0 Å². The quantitative estimate of drug-likeness (QED) is 0.366. The Labute approximate surface area is 205 Å². The van der Waals surface area contributed by atoms with Crippen LogP contribution in [0.5, 0.6) is 0 Å². The number of hydrogen-bond donors (Lipinski definition) is 1. The number of fused-ring (bicyclic) bond motifs is 1. The standard InChI is InChI=1S/C28H24F3N3O2/c29-28(30,31)22-8-3-9-23-25(22)21(16-32-23)17-10-12-33(13-11-17)14-15-34-26(35)19-6-1-4-18-5-2-7-20(24(18)19)27(34)36/h1-9,16-17,32H,10-15H2. The molecule has 6 rings (SSSR count). The highest BCUT2D eigenvalue weighted by Crippen LogP contribution is 2.40. The largest absolute Gasteiger partial charge is 0.417 e. The van der Waals surface area contributed by atoms with Gasteiger partial charge in [-0.25, -0.2) is 0 Å². The number of piperidine rings is 1. The highest BCUT2D eigenvalue weighted by atomic mass is 19.4. The van der Waals surface area contributed by atoms with Gasteiger partial charge in [0.2, 0.25) is 0 Å². The van der Waals surface area contributed by atoms with Crippen LogP contribution in [0.15, 0.2) is 60.8 Å². The van der Waals surface area contributed by atoms with Crippen LogP contribution >= 0.6 is 0 Å². The van der Waals surface area contributed by atoms with Crippen LogP contribution < -0.4 is 0 Å². The molecule has 1 fully saturated rings. The third kappa shape index (κ3) is 3.67. The van der Waals surface area contributed by atoms with E-state index in [0.29, 0.717) is 60.1 Å². The van der Waals surface area contributed by atoms with E-state index in [1.54, 1.807) is 24.4 Å². The van der Waals surface area contributed by atoms with Crippen LogP contribution in [0.2, 0.25) is 0 Å².